The van der Waals surface area contributed by atoms with Crippen molar-refractivity contribution in [2.45, 2.75) is 19.4 Å². The molecule has 3 aromatic rings. The highest BCUT2D eigenvalue weighted by Crippen LogP contribution is 2.42. The van der Waals surface area contributed by atoms with Crippen LogP contribution in [0.4, 0.5) is 0 Å². The van der Waals surface area contributed by atoms with Crippen LogP contribution in [0.2, 0.25) is 5.02 Å². The van der Waals surface area contributed by atoms with Crippen LogP contribution in [0.1, 0.15) is 35.5 Å². The Bertz CT molecular complexity index is 1330. The van der Waals surface area contributed by atoms with Gasteiger partial charge in [-0.25, -0.2) is 0 Å². The fourth-order valence-electron chi connectivity index (χ4n) is 4.22. The molecule has 0 aliphatic carbocycles. The number of likely N-dealkylation sites (N-methyl/N-ethyl adjacent to an activating group) is 1. The Morgan fingerprint density at radius 3 is 2.64 bits per heavy atom. The number of hydrogen-bond acceptors (Lipinski definition) is 7. The molecule has 2 heterocycles. The first-order chi connectivity index (χ1) is 17.2. The molecule has 1 aliphatic heterocycles. The number of methoxy groups -OCH3 is 1. The molecular weight excluding hydrogens is 484 g/mol. The zero-order valence-electron chi connectivity index (χ0n) is 20.7. The lowest BCUT2D eigenvalue weighted by Gasteiger charge is -2.28. The number of carbonyl (C=O) groups is 2. The Balaban J connectivity index is 1.80. The fourth-order valence-corrected chi connectivity index (χ4v) is 4.40. The molecule has 4 rings (SSSR count). The van der Waals surface area contributed by atoms with Crippen molar-refractivity contribution in [1.29, 1.82) is 0 Å². The maximum absolute atomic E-state index is 13.7. The first-order valence-electron chi connectivity index (χ1n) is 11.7. The molecule has 2 aromatic carbocycles. The summed E-state index contributed by atoms with van der Waals surface area (Å²) in [6.07, 6.45) is 0.796. The summed E-state index contributed by atoms with van der Waals surface area (Å²) in [4.78, 5) is 30.3. The molecule has 0 fully saturated rings. The van der Waals surface area contributed by atoms with Crippen LogP contribution in [0.15, 0.2) is 58.2 Å². The van der Waals surface area contributed by atoms with E-state index in [9.17, 15) is 14.7 Å². The Morgan fingerprint density at radius 2 is 1.94 bits per heavy atom. The van der Waals surface area contributed by atoms with Gasteiger partial charge in [-0.15, -0.1) is 0 Å². The van der Waals surface area contributed by atoms with Gasteiger partial charge in [0.1, 0.15) is 5.58 Å². The predicted octanol–water partition coefficient (Wildman–Crippen LogP) is 5.02. The van der Waals surface area contributed by atoms with Crippen molar-refractivity contribution in [1.82, 2.24) is 9.80 Å². The number of ether oxygens (including phenoxy) is 2. The van der Waals surface area contributed by atoms with Crippen LogP contribution in [0, 0.1) is 0 Å². The topological polar surface area (TPSA) is 92.5 Å². The summed E-state index contributed by atoms with van der Waals surface area (Å²) in [5.41, 5.74) is 1.05. The van der Waals surface area contributed by atoms with Crippen molar-refractivity contribution in [2.75, 3.05) is 40.9 Å². The molecular formula is C27H29ClN2O6. The Labute approximate surface area is 214 Å². The van der Waals surface area contributed by atoms with E-state index in [1.54, 1.807) is 49.6 Å². The van der Waals surface area contributed by atoms with Crippen LogP contribution in [-0.2, 0) is 4.79 Å². The van der Waals surface area contributed by atoms with E-state index in [-0.39, 0.29) is 11.3 Å². The van der Waals surface area contributed by atoms with Crippen LogP contribution in [-0.4, -0.2) is 67.5 Å². The predicted molar refractivity (Wildman–Crippen MR) is 137 cm³/mol. The quantitative estimate of drug-likeness (QED) is 0.381. The SMILES string of the molecule is CCCOc1cc(C2C(C(=O)c3cc4cc(Cl)ccc4o3)=C(O)C(=O)N2CCN(C)C)ccc1OC. The third-order valence-electron chi connectivity index (χ3n) is 6.00. The zero-order chi connectivity index (χ0) is 26.0. The van der Waals surface area contributed by atoms with E-state index in [2.05, 4.69) is 0 Å². The second kappa shape index (κ2) is 10.6. The third-order valence-corrected chi connectivity index (χ3v) is 6.24. The van der Waals surface area contributed by atoms with Crippen LogP contribution < -0.4 is 9.47 Å². The van der Waals surface area contributed by atoms with Gasteiger partial charge in [0, 0.05) is 23.5 Å². The maximum Gasteiger partial charge on any atom is 0.290 e. The average molecular weight is 513 g/mol. The summed E-state index contributed by atoms with van der Waals surface area (Å²) in [6.45, 7) is 3.30. The molecule has 0 radical (unpaired) electrons. The zero-order valence-corrected chi connectivity index (χ0v) is 21.5. The monoisotopic (exact) mass is 512 g/mol. The molecule has 0 spiro atoms. The van der Waals surface area contributed by atoms with Crippen molar-refractivity contribution in [3.05, 3.63) is 70.1 Å². The van der Waals surface area contributed by atoms with Gasteiger partial charge in [-0.05, 0) is 62.5 Å². The van der Waals surface area contributed by atoms with Gasteiger partial charge >= 0.3 is 0 Å². The van der Waals surface area contributed by atoms with Gasteiger partial charge in [0.2, 0.25) is 5.78 Å². The van der Waals surface area contributed by atoms with E-state index in [1.807, 2.05) is 25.9 Å². The normalized spacial score (nSPS) is 15.9. The highest BCUT2D eigenvalue weighted by molar-refractivity contribution is 6.31. The second-order valence-corrected chi connectivity index (χ2v) is 9.28. The summed E-state index contributed by atoms with van der Waals surface area (Å²) in [6, 6.07) is 11.0. The molecule has 8 nitrogen and oxygen atoms in total. The number of benzene rings is 2. The highest BCUT2D eigenvalue weighted by Gasteiger charge is 2.44. The molecule has 0 saturated carbocycles. The number of rotatable bonds is 10. The Hall–Kier alpha value is -3.49. The van der Waals surface area contributed by atoms with Gasteiger partial charge in [-0.2, -0.15) is 0 Å². The van der Waals surface area contributed by atoms with E-state index < -0.39 is 23.5 Å². The number of hydrogen-bond donors (Lipinski definition) is 1. The molecule has 36 heavy (non-hydrogen) atoms. The number of carbonyl (C=O) groups excluding carboxylic acids is 2. The molecule has 1 N–H and O–H groups in total. The minimum absolute atomic E-state index is 0.0112. The summed E-state index contributed by atoms with van der Waals surface area (Å²) < 4.78 is 17.1. The van der Waals surface area contributed by atoms with Crippen molar-refractivity contribution < 1.29 is 28.6 Å². The molecule has 0 saturated heterocycles. The molecule has 1 unspecified atom stereocenters. The molecule has 1 amide bonds. The molecule has 1 atom stereocenters. The summed E-state index contributed by atoms with van der Waals surface area (Å²) in [5, 5.41) is 12.1. The number of Topliss-reactive ketones (excluding diaryl/α,β-unsaturated/α-hetero) is 1. The van der Waals surface area contributed by atoms with Gasteiger partial charge in [-0.1, -0.05) is 24.6 Å². The minimum atomic E-state index is -0.836. The number of furan rings is 1. The maximum atomic E-state index is 13.7. The van der Waals surface area contributed by atoms with Crippen LogP contribution >= 0.6 is 11.6 Å². The average Bonchev–Trinajstić information content (AvgIpc) is 3.39. The smallest absolute Gasteiger partial charge is 0.290 e. The molecule has 1 aliphatic rings. The number of fused-ring (bicyclic) bond motifs is 1. The Morgan fingerprint density at radius 1 is 1.17 bits per heavy atom. The standard InChI is InChI=1S/C27H29ClN2O6/c1-5-12-35-21-14-16(6-8-20(21)34-4)24-23(26(32)27(33)30(24)11-10-29(2)3)25(31)22-15-17-13-18(28)7-9-19(17)36-22/h6-9,13-15,24,32H,5,10-12H2,1-4H3. The van der Waals surface area contributed by atoms with Crippen molar-refractivity contribution in [3.63, 3.8) is 0 Å². The second-order valence-electron chi connectivity index (χ2n) is 8.85. The van der Waals surface area contributed by atoms with E-state index in [0.29, 0.717) is 52.8 Å². The van der Waals surface area contributed by atoms with Crippen LogP contribution in [0.5, 0.6) is 11.5 Å². The van der Waals surface area contributed by atoms with E-state index in [0.717, 1.165) is 6.42 Å². The van der Waals surface area contributed by atoms with E-state index >= 15 is 0 Å². The third kappa shape index (κ3) is 4.92. The number of ketones is 1. The highest BCUT2D eigenvalue weighted by atomic mass is 35.5. The summed E-state index contributed by atoms with van der Waals surface area (Å²) >= 11 is 6.08. The molecule has 1 aromatic heterocycles. The van der Waals surface area contributed by atoms with Gasteiger partial charge in [0.05, 0.1) is 25.3 Å². The summed E-state index contributed by atoms with van der Waals surface area (Å²) in [7, 11) is 5.32. The van der Waals surface area contributed by atoms with Gasteiger partial charge < -0.3 is 28.8 Å². The largest absolute Gasteiger partial charge is 0.503 e. The number of aliphatic hydroxyl groups is 1. The lowest BCUT2D eigenvalue weighted by molar-refractivity contribution is -0.129. The minimum Gasteiger partial charge on any atom is -0.503 e. The first-order valence-corrected chi connectivity index (χ1v) is 12.1. The van der Waals surface area contributed by atoms with Crippen LogP contribution in [0.25, 0.3) is 11.0 Å². The lowest BCUT2D eigenvalue weighted by Crippen LogP contribution is -2.36. The molecule has 9 heteroatoms. The van der Waals surface area contributed by atoms with Gasteiger partial charge in [-0.3, -0.25) is 9.59 Å². The summed E-state index contributed by atoms with van der Waals surface area (Å²) in [5.74, 6) is -0.736. The van der Waals surface area contributed by atoms with Gasteiger partial charge in [0.15, 0.2) is 23.0 Å². The van der Waals surface area contributed by atoms with Gasteiger partial charge in [0.25, 0.3) is 5.91 Å². The van der Waals surface area contributed by atoms with Crippen molar-refractivity contribution in [2.24, 2.45) is 0 Å². The fraction of sp³-hybridized carbons (Fsp3) is 0.333. The first kappa shape index (κ1) is 25.6. The molecule has 0 bridgehead atoms. The number of amides is 1. The number of halogens is 1. The lowest BCUT2D eigenvalue weighted by atomic mass is 9.94. The Kier molecular flexibility index (Phi) is 7.56. The van der Waals surface area contributed by atoms with E-state index in [1.165, 1.54) is 4.90 Å². The van der Waals surface area contributed by atoms with Crippen molar-refractivity contribution >= 4 is 34.3 Å². The number of aliphatic hydroxyl groups excluding tert-OH is 1. The van der Waals surface area contributed by atoms with Crippen LogP contribution in [0.3, 0.4) is 0 Å². The number of nitrogens with zero attached hydrogens (tertiary/aromatic N) is 2. The van der Waals surface area contributed by atoms with Crippen molar-refractivity contribution in [3.8, 4) is 11.5 Å². The van der Waals surface area contributed by atoms with E-state index in [4.69, 9.17) is 25.5 Å². The molecule has 190 valence electrons.